The lowest BCUT2D eigenvalue weighted by molar-refractivity contribution is -0.384. The first-order chi connectivity index (χ1) is 8.91. The number of hydrogen-bond donors (Lipinski definition) is 2. The van der Waals surface area contributed by atoms with Gasteiger partial charge in [-0.15, -0.1) is 0 Å². The zero-order valence-corrected chi connectivity index (χ0v) is 11.7. The Bertz CT molecular complexity index is 504. The number of aliphatic hydroxyl groups is 1. The minimum atomic E-state index is -0.825. The maximum absolute atomic E-state index is 13.3. The van der Waals surface area contributed by atoms with Crippen molar-refractivity contribution in [3.63, 3.8) is 0 Å². The average molecular weight is 333 g/mol. The molecule has 0 unspecified atom stereocenters. The molecule has 5 nitrogen and oxygen atoms in total. The summed E-state index contributed by atoms with van der Waals surface area (Å²) in [5.74, 6) is -0.683. The summed E-state index contributed by atoms with van der Waals surface area (Å²) in [6.07, 6.45) is 3.26. The molecule has 1 fully saturated rings. The molecule has 7 heteroatoms. The minimum absolute atomic E-state index is 0.152. The quantitative estimate of drug-likeness (QED) is 0.655. The second-order valence-corrected chi connectivity index (χ2v) is 5.68. The predicted octanol–water partition coefficient (Wildman–Crippen LogP) is 3.21. The van der Waals surface area contributed by atoms with Crippen molar-refractivity contribution in [2.45, 2.75) is 31.3 Å². The van der Waals surface area contributed by atoms with Crippen molar-refractivity contribution in [3.05, 3.63) is 32.5 Å². The number of nitro groups is 1. The van der Waals surface area contributed by atoms with E-state index in [1.54, 1.807) is 0 Å². The maximum Gasteiger partial charge on any atom is 0.295 e. The third kappa shape index (κ3) is 3.22. The number of nitrogens with zero attached hydrogens (tertiary/aromatic N) is 1. The van der Waals surface area contributed by atoms with E-state index in [0.717, 1.165) is 18.9 Å². The molecule has 1 aliphatic carbocycles. The molecular weight excluding hydrogens is 319 g/mol. The molecule has 0 aromatic heterocycles. The van der Waals surface area contributed by atoms with Crippen LogP contribution in [0.5, 0.6) is 0 Å². The van der Waals surface area contributed by atoms with Gasteiger partial charge in [0.2, 0.25) is 0 Å². The first-order valence-corrected chi connectivity index (χ1v) is 6.80. The largest absolute Gasteiger partial charge is 0.388 e. The number of nitrogens with one attached hydrogen (secondary N) is 1. The van der Waals surface area contributed by atoms with Crippen LogP contribution in [0.2, 0.25) is 0 Å². The van der Waals surface area contributed by atoms with E-state index in [2.05, 4.69) is 21.2 Å². The zero-order valence-electron chi connectivity index (χ0n) is 10.2. The van der Waals surface area contributed by atoms with Gasteiger partial charge in [0.15, 0.2) is 0 Å². The number of rotatable bonds is 4. The van der Waals surface area contributed by atoms with Gasteiger partial charge in [0.25, 0.3) is 5.69 Å². The minimum Gasteiger partial charge on any atom is -0.388 e. The smallest absolute Gasteiger partial charge is 0.295 e. The van der Waals surface area contributed by atoms with Gasteiger partial charge in [-0.1, -0.05) is 12.8 Å². The summed E-state index contributed by atoms with van der Waals surface area (Å²) in [7, 11) is 0. The fourth-order valence-electron chi connectivity index (χ4n) is 2.30. The normalized spacial score (nSPS) is 17.4. The van der Waals surface area contributed by atoms with E-state index in [0.29, 0.717) is 12.8 Å². The highest BCUT2D eigenvalue weighted by Gasteiger charge is 2.31. The van der Waals surface area contributed by atoms with Crippen LogP contribution in [-0.4, -0.2) is 22.2 Å². The van der Waals surface area contributed by atoms with E-state index >= 15 is 0 Å². The summed E-state index contributed by atoms with van der Waals surface area (Å²) < 4.78 is 13.5. The molecule has 0 bridgehead atoms. The van der Waals surface area contributed by atoms with Crippen LogP contribution < -0.4 is 5.32 Å². The van der Waals surface area contributed by atoms with E-state index in [1.165, 1.54) is 6.07 Å². The Labute approximate surface area is 118 Å². The van der Waals surface area contributed by atoms with E-state index in [-0.39, 0.29) is 22.4 Å². The average Bonchev–Trinajstić information content (AvgIpc) is 2.77. The third-order valence-corrected chi connectivity index (χ3v) is 3.99. The highest BCUT2D eigenvalue weighted by atomic mass is 79.9. The molecule has 19 heavy (non-hydrogen) atoms. The lowest BCUT2D eigenvalue weighted by Crippen LogP contribution is -2.33. The number of hydrogen-bond acceptors (Lipinski definition) is 4. The van der Waals surface area contributed by atoms with Crippen LogP contribution in [0.4, 0.5) is 15.8 Å². The number of halogens is 2. The van der Waals surface area contributed by atoms with E-state index in [4.69, 9.17) is 0 Å². The fraction of sp³-hybridized carbons (Fsp3) is 0.500. The standard InChI is InChI=1S/C12H14BrFN2O3/c13-8-5-10(11(16(18)19)6-9(8)14)15-7-12(17)3-1-2-4-12/h5-6,15,17H,1-4,7H2. The van der Waals surface area contributed by atoms with Crippen molar-refractivity contribution in [1.82, 2.24) is 0 Å². The van der Waals surface area contributed by atoms with Crippen LogP contribution >= 0.6 is 15.9 Å². The Morgan fingerprint density at radius 2 is 2.11 bits per heavy atom. The summed E-state index contributed by atoms with van der Waals surface area (Å²) in [6.45, 7) is 0.228. The highest BCUT2D eigenvalue weighted by molar-refractivity contribution is 9.10. The molecule has 0 heterocycles. The predicted molar refractivity (Wildman–Crippen MR) is 72.7 cm³/mol. The van der Waals surface area contributed by atoms with Crippen LogP contribution in [0.15, 0.2) is 16.6 Å². The molecule has 0 saturated heterocycles. The Hall–Kier alpha value is -1.21. The molecule has 1 saturated carbocycles. The number of nitro benzene ring substituents is 1. The second kappa shape index (κ2) is 5.42. The lowest BCUT2D eigenvalue weighted by atomic mass is 10.0. The van der Waals surface area contributed by atoms with Crippen molar-refractivity contribution in [1.29, 1.82) is 0 Å². The molecule has 1 aromatic rings. The Morgan fingerprint density at radius 3 is 2.68 bits per heavy atom. The Kier molecular flexibility index (Phi) is 4.05. The molecule has 104 valence electrons. The van der Waals surface area contributed by atoms with Crippen molar-refractivity contribution in [2.75, 3.05) is 11.9 Å². The van der Waals surface area contributed by atoms with Gasteiger partial charge in [0, 0.05) is 6.54 Å². The van der Waals surface area contributed by atoms with Gasteiger partial charge in [0.05, 0.1) is 21.1 Å². The lowest BCUT2D eigenvalue weighted by Gasteiger charge is -2.23. The van der Waals surface area contributed by atoms with Gasteiger partial charge in [-0.2, -0.15) is 0 Å². The van der Waals surface area contributed by atoms with Crippen LogP contribution in [0.25, 0.3) is 0 Å². The molecule has 1 aliphatic rings. The third-order valence-electron chi connectivity index (χ3n) is 3.38. The molecule has 2 N–H and O–H groups in total. The molecule has 0 aliphatic heterocycles. The molecule has 2 rings (SSSR count). The van der Waals surface area contributed by atoms with Crippen molar-refractivity contribution in [2.24, 2.45) is 0 Å². The van der Waals surface area contributed by atoms with E-state index in [9.17, 15) is 19.6 Å². The molecule has 0 radical (unpaired) electrons. The van der Waals surface area contributed by atoms with Crippen molar-refractivity contribution >= 4 is 27.3 Å². The van der Waals surface area contributed by atoms with Gasteiger partial charge < -0.3 is 10.4 Å². The molecule has 0 atom stereocenters. The van der Waals surface area contributed by atoms with Crippen LogP contribution in [-0.2, 0) is 0 Å². The van der Waals surface area contributed by atoms with Gasteiger partial charge >= 0.3 is 0 Å². The molecule has 1 aromatic carbocycles. The Morgan fingerprint density at radius 1 is 1.47 bits per heavy atom. The maximum atomic E-state index is 13.3. The second-order valence-electron chi connectivity index (χ2n) is 4.83. The summed E-state index contributed by atoms with van der Waals surface area (Å²) in [5, 5.41) is 23.9. The number of benzene rings is 1. The Balaban J connectivity index is 2.19. The molecular formula is C12H14BrFN2O3. The van der Waals surface area contributed by atoms with Gasteiger partial charge in [0.1, 0.15) is 11.5 Å². The first-order valence-electron chi connectivity index (χ1n) is 6.01. The summed E-state index contributed by atoms with van der Waals surface area (Å²) in [5.41, 5.74) is -0.949. The van der Waals surface area contributed by atoms with E-state index in [1.807, 2.05) is 0 Å². The SMILES string of the molecule is O=[N+]([O-])c1cc(F)c(Br)cc1NCC1(O)CCCC1. The highest BCUT2D eigenvalue weighted by Crippen LogP contribution is 2.33. The topological polar surface area (TPSA) is 75.4 Å². The van der Waals surface area contributed by atoms with Crippen molar-refractivity contribution < 1.29 is 14.4 Å². The molecule has 0 amide bonds. The van der Waals surface area contributed by atoms with Crippen LogP contribution in [0.3, 0.4) is 0 Å². The van der Waals surface area contributed by atoms with Crippen LogP contribution in [0, 0.1) is 15.9 Å². The number of anilines is 1. The first kappa shape index (κ1) is 14.2. The van der Waals surface area contributed by atoms with Gasteiger partial charge in [-0.3, -0.25) is 10.1 Å². The zero-order chi connectivity index (χ0) is 14.0. The summed E-state index contributed by atoms with van der Waals surface area (Å²) in [6, 6.07) is 2.19. The molecule has 0 spiro atoms. The summed E-state index contributed by atoms with van der Waals surface area (Å²) in [4.78, 5) is 10.2. The van der Waals surface area contributed by atoms with Crippen LogP contribution in [0.1, 0.15) is 25.7 Å². The van der Waals surface area contributed by atoms with Crippen molar-refractivity contribution in [3.8, 4) is 0 Å². The van der Waals surface area contributed by atoms with Gasteiger partial charge in [-0.25, -0.2) is 4.39 Å². The van der Waals surface area contributed by atoms with Gasteiger partial charge in [-0.05, 0) is 34.8 Å². The van der Waals surface area contributed by atoms with E-state index < -0.39 is 16.3 Å². The fourth-order valence-corrected chi connectivity index (χ4v) is 2.64. The summed E-state index contributed by atoms with van der Waals surface area (Å²) >= 11 is 3.00. The monoisotopic (exact) mass is 332 g/mol.